The fraction of sp³-hybridized carbons (Fsp3) is 0.296. The molecule has 0 spiro atoms. The monoisotopic (exact) mass is 556 g/mol. The molecule has 0 aliphatic carbocycles. The van der Waals surface area contributed by atoms with Crippen LogP contribution in [0.25, 0.3) is 11.0 Å². The number of hydrogen-bond donors (Lipinski definition) is 1. The Morgan fingerprint density at radius 2 is 1.82 bits per heavy atom. The molecule has 1 fully saturated rings. The van der Waals surface area contributed by atoms with Gasteiger partial charge in [-0.1, -0.05) is 41.9 Å². The summed E-state index contributed by atoms with van der Waals surface area (Å²) in [5, 5.41) is 6.94. The van der Waals surface area contributed by atoms with Crippen molar-refractivity contribution in [3.05, 3.63) is 88.0 Å². The summed E-state index contributed by atoms with van der Waals surface area (Å²) >= 11 is 6.36. The van der Waals surface area contributed by atoms with E-state index >= 15 is 0 Å². The molecule has 3 heterocycles. The van der Waals surface area contributed by atoms with Gasteiger partial charge in [-0.3, -0.25) is 24.2 Å². The maximum absolute atomic E-state index is 13.7. The summed E-state index contributed by atoms with van der Waals surface area (Å²) in [6.07, 6.45) is -1.37. The largest absolute Gasteiger partial charge is 0.420 e. The summed E-state index contributed by atoms with van der Waals surface area (Å²) < 4.78 is 42.2. The van der Waals surface area contributed by atoms with Gasteiger partial charge in [0.05, 0.1) is 16.2 Å². The van der Waals surface area contributed by atoms with Crippen LogP contribution in [0.1, 0.15) is 50.0 Å². The van der Waals surface area contributed by atoms with Crippen LogP contribution in [0, 0.1) is 6.92 Å². The number of carbonyl (C=O) groups excluding carboxylic acids is 2. The number of aryl methyl sites for hydroxylation is 2. The zero-order valence-electron chi connectivity index (χ0n) is 21.0. The van der Waals surface area contributed by atoms with Gasteiger partial charge in [-0.25, -0.2) is 0 Å². The Labute approximate surface area is 226 Å². The Kier molecular flexibility index (Phi) is 7.02. The number of likely N-dealkylation sites (tertiary alicyclic amines) is 1. The molecule has 2 atom stereocenters. The SMILES string of the molecule is Cc1nn(C)c(C(=O)N[C@@H]2CCN(C(=O)c3cc(Cl)c4nccnc4c3)C[C@@H]2c2ccccc2)c1C(F)(F)F. The fourth-order valence-electron chi connectivity index (χ4n) is 5.18. The normalized spacial score (nSPS) is 17.8. The molecule has 0 radical (unpaired) electrons. The van der Waals surface area contributed by atoms with E-state index in [-0.39, 0.29) is 30.6 Å². The minimum Gasteiger partial charge on any atom is -0.347 e. The number of nitrogens with one attached hydrogen (secondary N) is 1. The third-order valence-electron chi connectivity index (χ3n) is 6.94. The highest BCUT2D eigenvalue weighted by molar-refractivity contribution is 6.35. The lowest BCUT2D eigenvalue weighted by atomic mass is 9.85. The van der Waals surface area contributed by atoms with Gasteiger partial charge in [0.1, 0.15) is 16.8 Å². The van der Waals surface area contributed by atoms with Crippen LogP contribution < -0.4 is 5.32 Å². The van der Waals surface area contributed by atoms with Crippen molar-refractivity contribution in [1.29, 1.82) is 0 Å². The van der Waals surface area contributed by atoms with E-state index in [4.69, 9.17) is 11.6 Å². The molecule has 1 aliphatic heterocycles. The summed E-state index contributed by atoms with van der Waals surface area (Å²) in [5.41, 5.74) is 0.307. The second-order valence-electron chi connectivity index (χ2n) is 9.45. The molecule has 39 heavy (non-hydrogen) atoms. The standard InChI is InChI=1S/C27H24ClF3N6O2/c1-15-22(27(29,30)31)24(36(2)35-15)25(38)34-20-8-11-37(14-18(20)16-6-4-3-5-7-16)26(39)17-12-19(28)23-21(13-17)32-9-10-33-23/h3-7,9-10,12-13,18,20H,8,11,14H2,1-2H3,(H,34,38)/t18-,20-/m1/s1. The minimum atomic E-state index is -4.73. The number of aromatic nitrogens is 4. The van der Waals surface area contributed by atoms with Crippen LogP contribution in [0.4, 0.5) is 13.2 Å². The lowest BCUT2D eigenvalue weighted by Gasteiger charge is -2.39. The van der Waals surface area contributed by atoms with Crippen LogP contribution in [-0.2, 0) is 13.2 Å². The number of halogens is 4. The van der Waals surface area contributed by atoms with Gasteiger partial charge < -0.3 is 10.2 Å². The predicted molar refractivity (Wildman–Crippen MR) is 138 cm³/mol. The molecule has 5 rings (SSSR count). The average molecular weight is 557 g/mol. The number of rotatable bonds is 4. The van der Waals surface area contributed by atoms with Crippen molar-refractivity contribution >= 4 is 34.4 Å². The number of alkyl halides is 3. The van der Waals surface area contributed by atoms with Crippen molar-refractivity contribution in [3.8, 4) is 0 Å². The number of carbonyl (C=O) groups is 2. The van der Waals surface area contributed by atoms with Crippen LogP contribution in [0.2, 0.25) is 5.02 Å². The molecule has 12 heteroatoms. The zero-order valence-corrected chi connectivity index (χ0v) is 21.8. The van der Waals surface area contributed by atoms with Gasteiger partial charge in [0.2, 0.25) is 0 Å². The molecule has 2 aromatic carbocycles. The number of hydrogen-bond acceptors (Lipinski definition) is 5. The Balaban J connectivity index is 1.43. The molecule has 0 bridgehead atoms. The van der Waals surface area contributed by atoms with Crippen molar-refractivity contribution in [2.24, 2.45) is 7.05 Å². The minimum absolute atomic E-state index is 0.237. The van der Waals surface area contributed by atoms with E-state index in [1.54, 1.807) is 17.0 Å². The molecule has 4 aromatic rings. The molecule has 1 N–H and O–H groups in total. The first kappa shape index (κ1) is 26.6. The van der Waals surface area contributed by atoms with Crippen LogP contribution >= 0.6 is 11.6 Å². The van der Waals surface area contributed by atoms with Crippen LogP contribution in [0.3, 0.4) is 0 Å². The second-order valence-corrected chi connectivity index (χ2v) is 9.86. The summed E-state index contributed by atoms with van der Waals surface area (Å²) in [5.74, 6) is -1.50. The first-order valence-electron chi connectivity index (χ1n) is 12.2. The van der Waals surface area contributed by atoms with Gasteiger partial charge in [-0.2, -0.15) is 18.3 Å². The van der Waals surface area contributed by atoms with Gasteiger partial charge in [-0.15, -0.1) is 0 Å². The number of fused-ring (bicyclic) bond motifs is 1. The predicted octanol–water partition coefficient (Wildman–Crippen LogP) is 4.77. The molecule has 0 unspecified atom stereocenters. The van der Waals surface area contributed by atoms with Crippen molar-refractivity contribution in [2.75, 3.05) is 13.1 Å². The summed E-state index contributed by atoms with van der Waals surface area (Å²) in [6.45, 7) is 1.74. The van der Waals surface area contributed by atoms with E-state index in [2.05, 4.69) is 20.4 Å². The van der Waals surface area contributed by atoms with E-state index in [0.717, 1.165) is 10.2 Å². The molecule has 8 nitrogen and oxygen atoms in total. The van der Waals surface area contributed by atoms with Crippen LogP contribution in [-0.4, -0.2) is 55.6 Å². The van der Waals surface area contributed by atoms with Gasteiger partial charge in [0.15, 0.2) is 0 Å². The van der Waals surface area contributed by atoms with Crippen molar-refractivity contribution in [1.82, 2.24) is 30.0 Å². The lowest BCUT2D eigenvalue weighted by molar-refractivity contribution is -0.138. The summed E-state index contributed by atoms with van der Waals surface area (Å²) in [7, 11) is 1.31. The molecule has 2 amide bonds. The van der Waals surface area contributed by atoms with Crippen LogP contribution in [0.15, 0.2) is 54.9 Å². The Bertz CT molecular complexity index is 1560. The third-order valence-corrected chi connectivity index (χ3v) is 7.23. The van der Waals surface area contributed by atoms with Crippen molar-refractivity contribution in [2.45, 2.75) is 31.5 Å². The molecular formula is C27H24ClF3N6O2. The first-order chi connectivity index (χ1) is 18.5. The highest BCUT2D eigenvalue weighted by Crippen LogP contribution is 2.35. The lowest BCUT2D eigenvalue weighted by Crippen LogP contribution is -2.51. The van der Waals surface area contributed by atoms with Crippen LogP contribution in [0.5, 0.6) is 0 Å². The number of amides is 2. The molecular weight excluding hydrogens is 533 g/mol. The van der Waals surface area contributed by atoms with Gasteiger partial charge in [-0.05, 0) is 31.0 Å². The highest BCUT2D eigenvalue weighted by atomic mass is 35.5. The third kappa shape index (κ3) is 5.18. The van der Waals surface area contributed by atoms with E-state index < -0.39 is 29.4 Å². The molecule has 202 valence electrons. The smallest absolute Gasteiger partial charge is 0.347 e. The quantitative estimate of drug-likeness (QED) is 0.391. The number of piperidine rings is 1. The summed E-state index contributed by atoms with van der Waals surface area (Å²) in [4.78, 5) is 36.8. The van der Waals surface area contributed by atoms with E-state index in [1.807, 2.05) is 30.3 Å². The van der Waals surface area contributed by atoms with Gasteiger partial charge in [0.25, 0.3) is 11.8 Å². The molecule has 2 aromatic heterocycles. The molecule has 1 saturated heterocycles. The Morgan fingerprint density at radius 1 is 1.10 bits per heavy atom. The average Bonchev–Trinajstić information content (AvgIpc) is 3.23. The maximum atomic E-state index is 13.7. The fourth-order valence-corrected chi connectivity index (χ4v) is 5.44. The topological polar surface area (TPSA) is 93.0 Å². The Hall–Kier alpha value is -3.99. The first-order valence-corrected chi connectivity index (χ1v) is 12.6. The van der Waals surface area contributed by atoms with Crippen molar-refractivity contribution < 1.29 is 22.8 Å². The van der Waals surface area contributed by atoms with E-state index in [0.29, 0.717) is 28.0 Å². The van der Waals surface area contributed by atoms with Crippen molar-refractivity contribution in [3.63, 3.8) is 0 Å². The second kappa shape index (κ2) is 10.3. The number of nitrogens with zero attached hydrogens (tertiary/aromatic N) is 5. The van der Waals surface area contributed by atoms with Gasteiger partial charge in [0, 0.05) is 50.1 Å². The van der Waals surface area contributed by atoms with E-state index in [1.165, 1.54) is 26.4 Å². The van der Waals surface area contributed by atoms with E-state index in [9.17, 15) is 22.8 Å². The number of benzene rings is 2. The Morgan fingerprint density at radius 3 is 2.54 bits per heavy atom. The van der Waals surface area contributed by atoms with Gasteiger partial charge >= 0.3 is 6.18 Å². The zero-order chi connectivity index (χ0) is 27.9. The maximum Gasteiger partial charge on any atom is 0.420 e. The summed E-state index contributed by atoms with van der Waals surface area (Å²) in [6, 6.07) is 11.9. The molecule has 0 saturated carbocycles. The molecule has 1 aliphatic rings. The highest BCUT2D eigenvalue weighted by Gasteiger charge is 2.42.